The van der Waals surface area contributed by atoms with Crippen LogP contribution < -0.4 is 5.32 Å². The quantitative estimate of drug-likeness (QED) is 0.761. The number of rotatable bonds is 6. The van der Waals surface area contributed by atoms with Gasteiger partial charge in [-0.15, -0.1) is 11.8 Å². The minimum atomic E-state index is 0.638. The molecule has 0 aliphatic rings. The third-order valence-corrected chi connectivity index (χ3v) is 4.10. The lowest BCUT2D eigenvalue weighted by molar-refractivity contribution is 0.717. The molecule has 0 saturated carbocycles. The van der Waals surface area contributed by atoms with Gasteiger partial charge in [-0.05, 0) is 30.7 Å². The zero-order valence-electron chi connectivity index (χ0n) is 10.2. The number of halogens is 1. The van der Waals surface area contributed by atoms with E-state index in [1.807, 2.05) is 17.8 Å². The molecular weight excluding hydrogens is 238 g/mol. The number of hydrogen-bond donors (Lipinski definition) is 1. The Bertz CT molecular complexity index is 328. The summed E-state index contributed by atoms with van der Waals surface area (Å²) in [5.74, 6) is 0. The molecule has 1 aromatic rings. The Morgan fingerprint density at radius 1 is 1.38 bits per heavy atom. The van der Waals surface area contributed by atoms with Crippen molar-refractivity contribution in [2.24, 2.45) is 0 Å². The molecule has 1 aromatic carbocycles. The standard InChI is InChI=1S/C13H20ClNS/c1-4-10(3)16-13-8-12(14)7-6-11(13)9-15-5-2/h6-8,10,15H,4-5,9H2,1-3H3. The average molecular weight is 258 g/mol. The first-order valence-corrected chi connectivity index (χ1v) is 7.08. The molecule has 0 fully saturated rings. The van der Waals surface area contributed by atoms with Gasteiger partial charge in [-0.2, -0.15) is 0 Å². The minimum Gasteiger partial charge on any atom is -0.313 e. The molecule has 0 amide bonds. The van der Waals surface area contributed by atoms with Crippen LogP contribution in [0.2, 0.25) is 5.02 Å². The van der Waals surface area contributed by atoms with E-state index in [0.29, 0.717) is 5.25 Å². The average Bonchev–Trinajstić information content (AvgIpc) is 2.28. The fraction of sp³-hybridized carbons (Fsp3) is 0.538. The first kappa shape index (κ1) is 13.9. The van der Waals surface area contributed by atoms with E-state index in [9.17, 15) is 0 Å². The maximum absolute atomic E-state index is 6.04. The van der Waals surface area contributed by atoms with Gasteiger partial charge in [0.1, 0.15) is 0 Å². The second kappa shape index (κ2) is 7.21. The largest absolute Gasteiger partial charge is 0.313 e. The van der Waals surface area contributed by atoms with Crippen molar-refractivity contribution in [3.8, 4) is 0 Å². The fourth-order valence-electron chi connectivity index (χ4n) is 1.34. The van der Waals surface area contributed by atoms with Crippen LogP contribution in [-0.2, 0) is 6.54 Å². The molecule has 0 spiro atoms. The lowest BCUT2D eigenvalue weighted by Gasteiger charge is -2.13. The summed E-state index contributed by atoms with van der Waals surface area (Å²) >= 11 is 7.95. The van der Waals surface area contributed by atoms with Gasteiger partial charge in [0.2, 0.25) is 0 Å². The van der Waals surface area contributed by atoms with Crippen molar-refractivity contribution in [2.75, 3.05) is 6.54 Å². The predicted molar refractivity (Wildman–Crippen MR) is 74.4 cm³/mol. The van der Waals surface area contributed by atoms with E-state index in [1.165, 1.54) is 16.9 Å². The maximum atomic E-state index is 6.04. The highest BCUT2D eigenvalue weighted by Crippen LogP contribution is 2.30. The summed E-state index contributed by atoms with van der Waals surface area (Å²) in [4.78, 5) is 1.31. The molecule has 3 heteroatoms. The summed E-state index contributed by atoms with van der Waals surface area (Å²) < 4.78 is 0. The van der Waals surface area contributed by atoms with Gasteiger partial charge in [0.05, 0.1) is 0 Å². The molecule has 90 valence electrons. The Kier molecular flexibility index (Phi) is 6.25. The topological polar surface area (TPSA) is 12.0 Å². The molecule has 0 aliphatic carbocycles. The van der Waals surface area contributed by atoms with E-state index in [4.69, 9.17) is 11.6 Å². The van der Waals surface area contributed by atoms with Crippen LogP contribution in [0.3, 0.4) is 0 Å². The van der Waals surface area contributed by atoms with E-state index < -0.39 is 0 Å². The first-order chi connectivity index (χ1) is 7.67. The molecule has 1 unspecified atom stereocenters. The highest BCUT2D eigenvalue weighted by Gasteiger charge is 2.07. The van der Waals surface area contributed by atoms with Crippen LogP contribution in [0.25, 0.3) is 0 Å². The molecule has 0 bridgehead atoms. The summed E-state index contributed by atoms with van der Waals surface area (Å²) in [6.07, 6.45) is 1.18. The van der Waals surface area contributed by atoms with E-state index >= 15 is 0 Å². The number of hydrogen-bond acceptors (Lipinski definition) is 2. The normalized spacial score (nSPS) is 12.8. The lowest BCUT2D eigenvalue weighted by atomic mass is 10.2. The molecule has 0 aromatic heterocycles. The number of thioether (sulfide) groups is 1. The molecule has 0 heterocycles. The van der Waals surface area contributed by atoms with Crippen molar-refractivity contribution < 1.29 is 0 Å². The molecule has 1 N–H and O–H groups in total. The van der Waals surface area contributed by atoms with Gasteiger partial charge in [0.25, 0.3) is 0 Å². The van der Waals surface area contributed by atoms with Crippen molar-refractivity contribution in [3.63, 3.8) is 0 Å². The minimum absolute atomic E-state index is 0.638. The lowest BCUT2D eigenvalue weighted by Crippen LogP contribution is -2.12. The van der Waals surface area contributed by atoms with Crippen LogP contribution in [-0.4, -0.2) is 11.8 Å². The van der Waals surface area contributed by atoms with Crippen LogP contribution in [0.5, 0.6) is 0 Å². The molecule has 1 nitrogen and oxygen atoms in total. The predicted octanol–water partition coefficient (Wildman–Crippen LogP) is 4.34. The molecule has 1 atom stereocenters. The van der Waals surface area contributed by atoms with Crippen LogP contribution >= 0.6 is 23.4 Å². The second-order valence-electron chi connectivity index (χ2n) is 3.87. The fourth-order valence-corrected chi connectivity index (χ4v) is 2.67. The smallest absolute Gasteiger partial charge is 0.0417 e. The third kappa shape index (κ3) is 4.36. The zero-order valence-corrected chi connectivity index (χ0v) is 11.8. The summed E-state index contributed by atoms with van der Waals surface area (Å²) in [6, 6.07) is 6.16. The van der Waals surface area contributed by atoms with Crippen LogP contribution in [0.1, 0.15) is 32.8 Å². The highest BCUT2D eigenvalue weighted by molar-refractivity contribution is 8.00. The van der Waals surface area contributed by atoms with Gasteiger partial charge in [-0.1, -0.05) is 38.4 Å². The second-order valence-corrected chi connectivity index (χ2v) is 5.79. The van der Waals surface area contributed by atoms with Gasteiger partial charge in [0.15, 0.2) is 0 Å². The molecule has 1 rings (SSSR count). The number of nitrogens with one attached hydrogen (secondary N) is 1. The van der Waals surface area contributed by atoms with Gasteiger partial charge < -0.3 is 5.32 Å². The van der Waals surface area contributed by atoms with Gasteiger partial charge in [-0.3, -0.25) is 0 Å². The Morgan fingerprint density at radius 3 is 2.75 bits per heavy atom. The van der Waals surface area contributed by atoms with Crippen molar-refractivity contribution in [2.45, 2.75) is 43.9 Å². The molecular formula is C13H20ClNS. The summed E-state index contributed by atoms with van der Waals surface area (Å²) in [7, 11) is 0. The summed E-state index contributed by atoms with van der Waals surface area (Å²) in [6.45, 7) is 8.51. The maximum Gasteiger partial charge on any atom is 0.0417 e. The molecule has 0 aliphatic heterocycles. The molecule has 0 saturated heterocycles. The molecule has 16 heavy (non-hydrogen) atoms. The van der Waals surface area contributed by atoms with Crippen molar-refractivity contribution >= 4 is 23.4 Å². The van der Waals surface area contributed by atoms with E-state index in [-0.39, 0.29) is 0 Å². The van der Waals surface area contributed by atoms with Crippen LogP contribution in [0.4, 0.5) is 0 Å². The highest BCUT2D eigenvalue weighted by atomic mass is 35.5. The zero-order chi connectivity index (χ0) is 12.0. The third-order valence-electron chi connectivity index (χ3n) is 2.50. The van der Waals surface area contributed by atoms with E-state index in [1.54, 1.807) is 0 Å². The Hall–Kier alpha value is -0.180. The first-order valence-electron chi connectivity index (χ1n) is 5.83. The van der Waals surface area contributed by atoms with Gasteiger partial charge in [0, 0.05) is 21.7 Å². The van der Waals surface area contributed by atoms with Crippen LogP contribution in [0, 0.1) is 0 Å². The Morgan fingerprint density at radius 2 is 2.12 bits per heavy atom. The van der Waals surface area contributed by atoms with E-state index in [2.05, 4.69) is 38.2 Å². The van der Waals surface area contributed by atoms with Crippen molar-refractivity contribution in [1.29, 1.82) is 0 Å². The van der Waals surface area contributed by atoms with Crippen LogP contribution in [0.15, 0.2) is 23.1 Å². The van der Waals surface area contributed by atoms with Gasteiger partial charge in [-0.25, -0.2) is 0 Å². The number of benzene rings is 1. The van der Waals surface area contributed by atoms with Gasteiger partial charge >= 0.3 is 0 Å². The monoisotopic (exact) mass is 257 g/mol. The summed E-state index contributed by atoms with van der Waals surface area (Å²) in [5, 5.41) is 4.82. The Balaban J connectivity index is 2.80. The van der Waals surface area contributed by atoms with E-state index in [0.717, 1.165) is 18.1 Å². The van der Waals surface area contributed by atoms with Crippen molar-refractivity contribution in [3.05, 3.63) is 28.8 Å². The Labute approximate surface area is 108 Å². The SMILES string of the molecule is CCNCc1ccc(Cl)cc1SC(C)CC. The van der Waals surface area contributed by atoms with Crippen molar-refractivity contribution in [1.82, 2.24) is 5.32 Å². The molecule has 0 radical (unpaired) electrons. The summed E-state index contributed by atoms with van der Waals surface area (Å²) in [5.41, 5.74) is 1.34.